The highest BCUT2D eigenvalue weighted by Crippen LogP contribution is 2.28. The molecular formula is C14H23ClN2. The maximum atomic E-state index is 5.81. The lowest BCUT2D eigenvalue weighted by Crippen LogP contribution is -2.40. The van der Waals surface area contributed by atoms with Gasteiger partial charge in [0, 0.05) is 25.2 Å². The van der Waals surface area contributed by atoms with Gasteiger partial charge in [-0.1, -0.05) is 20.8 Å². The molecule has 0 saturated heterocycles. The molecule has 1 atom stereocenters. The zero-order chi connectivity index (χ0) is 13.2. The summed E-state index contributed by atoms with van der Waals surface area (Å²) in [6, 6.07) is 2.54. The normalized spacial score (nSPS) is 13.6. The lowest BCUT2D eigenvalue weighted by Gasteiger charge is -2.36. The van der Waals surface area contributed by atoms with Crippen LogP contribution in [0.1, 0.15) is 38.8 Å². The maximum absolute atomic E-state index is 5.81. The largest absolute Gasteiger partial charge is 0.356 e. The number of aryl methyl sites for hydroxylation is 1. The van der Waals surface area contributed by atoms with Crippen LogP contribution in [0.3, 0.4) is 0 Å². The standard InChI is InChI=1S/C14H23ClN2/c1-10-7-12(8-15)9-16-13(10)17(6)11(2)14(3,4)5/h7,9,11H,8H2,1-6H3. The van der Waals surface area contributed by atoms with Crippen LogP contribution in [-0.4, -0.2) is 18.1 Å². The molecular weight excluding hydrogens is 232 g/mol. The molecule has 0 aromatic carbocycles. The summed E-state index contributed by atoms with van der Waals surface area (Å²) >= 11 is 5.81. The quantitative estimate of drug-likeness (QED) is 0.758. The number of alkyl halides is 1. The highest BCUT2D eigenvalue weighted by molar-refractivity contribution is 6.17. The van der Waals surface area contributed by atoms with Crippen LogP contribution >= 0.6 is 11.6 Å². The van der Waals surface area contributed by atoms with Crippen LogP contribution in [0.5, 0.6) is 0 Å². The topological polar surface area (TPSA) is 16.1 Å². The first kappa shape index (κ1) is 14.3. The average Bonchev–Trinajstić information content (AvgIpc) is 2.25. The van der Waals surface area contributed by atoms with Crippen molar-refractivity contribution in [2.45, 2.75) is 46.5 Å². The Morgan fingerprint density at radius 3 is 2.41 bits per heavy atom. The molecule has 0 aliphatic carbocycles. The Morgan fingerprint density at radius 1 is 1.41 bits per heavy atom. The van der Waals surface area contributed by atoms with Crippen LogP contribution in [0.2, 0.25) is 0 Å². The Hall–Kier alpha value is -0.760. The number of halogens is 1. The summed E-state index contributed by atoms with van der Waals surface area (Å²) in [6.45, 7) is 11.1. The minimum atomic E-state index is 0.230. The number of pyridine rings is 1. The van der Waals surface area contributed by atoms with Gasteiger partial charge < -0.3 is 4.90 Å². The highest BCUT2D eigenvalue weighted by atomic mass is 35.5. The molecule has 1 aromatic heterocycles. The lowest BCUT2D eigenvalue weighted by atomic mass is 9.87. The fourth-order valence-corrected chi connectivity index (χ4v) is 1.98. The molecule has 1 unspecified atom stereocenters. The van der Waals surface area contributed by atoms with E-state index < -0.39 is 0 Å². The van der Waals surface area contributed by atoms with Gasteiger partial charge in [-0.15, -0.1) is 11.6 Å². The number of anilines is 1. The zero-order valence-electron chi connectivity index (χ0n) is 11.7. The molecule has 96 valence electrons. The van der Waals surface area contributed by atoms with Crippen molar-refractivity contribution < 1.29 is 0 Å². The smallest absolute Gasteiger partial charge is 0.131 e. The Morgan fingerprint density at radius 2 is 2.00 bits per heavy atom. The lowest BCUT2D eigenvalue weighted by molar-refractivity contribution is 0.328. The summed E-state index contributed by atoms with van der Waals surface area (Å²) in [4.78, 5) is 6.77. The Kier molecular flexibility index (Phi) is 4.42. The molecule has 0 aliphatic rings. The van der Waals surface area contributed by atoms with Gasteiger partial charge in [-0.3, -0.25) is 0 Å². The minimum absolute atomic E-state index is 0.230. The van der Waals surface area contributed by atoms with Crippen molar-refractivity contribution in [2.75, 3.05) is 11.9 Å². The Labute approximate surface area is 110 Å². The van der Waals surface area contributed by atoms with Crippen molar-refractivity contribution >= 4 is 17.4 Å². The van der Waals surface area contributed by atoms with Crippen molar-refractivity contribution in [3.63, 3.8) is 0 Å². The summed E-state index contributed by atoms with van der Waals surface area (Å²) < 4.78 is 0. The van der Waals surface area contributed by atoms with E-state index in [-0.39, 0.29) is 5.41 Å². The summed E-state index contributed by atoms with van der Waals surface area (Å²) in [5, 5.41) is 0. The van der Waals surface area contributed by atoms with E-state index in [1.165, 1.54) is 5.56 Å². The van der Waals surface area contributed by atoms with Crippen LogP contribution in [0.15, 0.2) is 12.3 Å². The molecule has 0 saturated carbocycles. The van der Waals surface area contributed by atoms with Crippen molar-refractivity contribution in [3.05, 3.63) is 23.4 Å². The summed E-state index contributed by atoms with van der Waals surface area (Å²) in [6.07, 6.45) is 1.86. The fourth-order valence-electron chi connectivity index (χ4n) is 1.83. The van der Waals surface area contributed by atoms with E-state index >= 15 is 0 Å². The first-order valence-electron chi connectivity index (χ1n) is 6.01. The van der Waals surface area contributed by atoms with Gasteiger partial charge in [0.2, 0.25) is 0 Å². The molecule has 0 N–H and O–H groups in total. The maximum Gasteiger partial charge on any atom is 0.131 e. The van der Waals surface area contributed by atoms with Gasteiger partial charge in [0.25, 0.3) is 0 Å². The third-order valence-corrected chi connectivity index (χ3v) is 3.74. The second kappa shape index (κ2) is 5.26. The van der Waals surface area contributed by atoms with Crippen molar-refractivity contribution in [2.24, 2.45) is 5.41 Å². The molecule has 1 aromatic rings. The van der Waals surface area contributed by atoms with E-state index in [2.05, 4.69) is 57.6 Å². The number of aromatic nitrogens is 1. The van der Waals surface area contributed by atoms with E-state index in [4.69, 9.17) is 11.6 Å². The number of rotatable bonds is 3. The average molecular weight is 255 g/mol. The van der Waals surface area contributed by atoms with E-state index in [0.29, 0.717) is 11.9 Å². The van der Waals surface area contributed by atoms with E-state index in [0.717, 1.165) is 11.4 Å². The molecule has 0 bridgehead atoms. The van der Waals surface area contributed by atoms with E-state index in [9.17, 15) is 0 Å². The molecule has 1 heterocycles. The van der Waals surface area contributed by atoms with Gasteiger partial charge in [-0.25, -0.2) is 4.98 Å². The predicted octanol–water partition coefficient (Wildman–Crippen LogP) is 4.00. The Bertz CT molecular complexity index is 382. The fraction of sp³-hybridized carbons (Fsp3) is 0.643. The van der Waals surface area contributed by atoms with Crippen LogP contribution in [0, 0.1) is 12.3 Å². The first-order chi connectivity index (χ1) is 7.77. The molecule has 0 spiro atoms. The molecule has 0 radical (unpaired) electrons. The van der Waals surface area contributed by atoms with Gasteiger partial charge >= 0.3 is 0 Å². The van der Waals surface area contributed by atoms with Crippen LogP contribution in [-0.2, 0) is 5.88 Å². The summed E-state index contributed by atoms with van der Waals surface area (Å²) in [5.74, 6) is 1.56. The molecule has 3 heteroatoms. The van der Waals surface area contributed by atoms with Crippen LogP contribution in [0.4, 0.5) is 5.82 Å². The monoisotopic (exact) mass is 254 g/mol. The Balaban J connectivity index is 3.01. The highest BCUT2D eigenvalue weighted by Gasteiger charge is 2.25. The molecule has 2 nitrogen and oxygen atoms in total. The second-order valence-corrected chi connectivity index (χ2v) is 6.04. The molecule has 0 fully saturated rings. The van der Waals surface area contributed by atoms with Crippen molar-refractivity contribution in [3.8, 4) is 0 Å². The van der Waals surface area contributed by atoms with Gasteiger partial charge in [0.15, 0.2) is 0 Å². The van der Waals surface area contributed by atoms with Gasteiger partial charge in [0.1, 0.15) is 5.82 Å². The molecule has 1 rings (SSSR count). The molecule has 0 amide bonds. The molecule has 17 heavy (non-hydrogen) atoms. The number of hydrogen-bond donors (Lipinski definition) is 0. The number of nitrogens with zero attached hydrogens (tertiary/aromatic N) is 2. The number of hydrogen-bond acceptors (Lipinski definition) is 2. The van der Waals surface area contributed by atoms with Gasteiger partial charge in [-0.05, 0) is 36.5 Å². The van der Waals surface area contributed by atoms with Gasteiger partial charge in [0.05, 0.1) is 0 Å². The predicted molar refractivity (Wildman–Crippen MR) is 75.9 cm³/mol. The second-order valence-electron chi connectivity index (χ2n) is 5.77. The van der Waals surface area contributed by atoms with Crippen LogP contribution in [0.25, 0.3) is 0 Å². The van der Waals surface area contributed by atoms with Crippen molar-refractivity contribution in [1.82, 2.24) is 4.98 Å². The first-order valence-corrected chi connectivity index (χ1v) is 6.55. The zero-order valence-corrected chi connectivity index (χ0v) is 12.5. The van der Waals surface area contributed by atoms with Crippen molar-refractivity contribution in [1.29, 1.82) is 0 Å². The van der Waals surface area contributed by atoms with E-state index in [1.54, 1.807) is 0 Å². The molecule has 0 aliphatic heterocycles. The van der Waals surface area contributed by atoms with Crippen LogP contribution < -0.4 is 4.90 Å². The van der Waals surface area contributed by atoms with E-state index in [1.807, 2.05) is 6.20 Å². The summed E-state index contributed by atoms with van der Waals surface area (Å²) in [5.41, 5.74) is 2.49. The minimum Gasteiger partial charge on any atom is -0.356 e. The van der Waals surface area contributed by atoms with Gasteiger partial charge in [-0.2, -0.15) is 0 Å². The third kappa shape index (κ3) is 3.35. The third-order valence-electron chi connectivity index (χ3n) is 3.43. The SMILES string of the molecule is Cc1cc(CCl)cnc1N(C)C(C)C(C)(C)C. The summed E-state index contributed by atoms with van der Waals surface area (Å²) in [7, 11) is 2.10.